The van der Waals surface area contributed by atoms with Crippen LogP contribution < -0.4 is 5.32 Å². The SMILES string of the molecule is COC(=O)c1ccc(NCC2(Sc3ccccc3)CC2)nn1. The van der Waals surface area contributed by atoms with Crippen molar-refractivity contribution in [3.63, 3.8) is 0 Å². The number of methoxy groups -OCH3 is 1. The first-order chi connectivity index (χ1) is 10.7. The molecular weight excluding hydrogens is 298 g/mol. The van der Waals surface area contributed by atoms with Crippen molar-refractivity contribution < 1.29 is 9.53 Å². The lowest BCUT2D eigenvalue weighted by molar-refractivity contribution is 0.0593. The smallest absolute Gasteiger partial charge is 0.358 e. The lowest BCUT2D eigenvalue weighted by Crippen LogP contribution is -2.19. The fraction of sp³-hybridized carbons (Fsp3) is 0.312. The van der Waals surface area contributed by atoms with E-state index in [0.29, 0.717) is 5.82 Å². The van der Waals surface area contributed by atoms with Crippen LogP contribution in [0.2, 0.25) is 0 Å². The van der Waals surface area contributed by atoms with Crippen LogP contribution in [0.3, 0.4) is 0 Å². The molecule has 0 bridgehead atoms. The van der Waals surface area contributed by atoms with Crippen LogP contribution in [0.1, 0.15) is 23.3 Å². The Labute approximate surface area is 133 Å². The maximum absolute atomic E-state index is 11.3. The Morgan fingerprint density at radius 3 is 2.59 bits per heavy atom. The van der Waals surface area contributed by atoms with Crippen LogP contribution in [0.4, 0.5) is 5.82 Å². The third-order valence-corrected chi connectivity index (χ3v) is 5.03. The highest BCUT2D eigenvalue weighted by Gasteiger charge is 2.43. The molecule has 1 saturated carbocycles. The maximum Gasteiger partial charge on any atom is 0.358 e. The second kappa shape index (κ2) is 6.36. The van der Waals surface area contributed by atoms with Gasteiger partial charge in [-0.2, -0.15) is 0 Å². The first-order valence-corrected chi connectivity index (χ1v) is 7.92. The van der Waals surface area contributed by atoms with Crippen molar-refractivity contribution in [1.29, 1.82) is 0 Å². The Morgan fingerprint density at radius 2 is 2.00 bits per heavy atom. The van der Waals surface area contributed by atoms with Gasteiger partial charge in [-0.1, -0.05) is 18.2 Å². The highest BCUT2D eigenvalue weighted by molar-refractivity contribution is 8.01. The molecule has 0 spiro atoms. The van der Waals surface area contributed by atoms with Crippen LogP contribution in [0.25, 0.3) is 0 Å². The van der Waals surface area contributed by atoms with Gasteiger partial charge >= 0.3 is 5.97 Å². The number of ether oxygens (including phenoxy) is 1. The van der Waals surface area contributed by atoms with Crippen LogP contribution in [0.15, 0.2) is 47.4 Å². The molecule has 5 nitrogen and oxygen atoms in total. The van der Waals surface area contributed by atoms with Gasteiger partial charge in [0.25, 0.3) is 0 Å². The molecule has 1 heterocycles. The lowest BCUT2D eigenvalue weighted by Gasteiger charge is -2.15. The van der Waals surface area contributed by atoms with Crippen LogP contribution in [-0.2, 0) is 4.74 Å². The van der Waals surface area contributed by atoms with Gasteiger partial charge in [-0.25, -0.2) is 4.79 Å². The second-order valence-electron chi connectivity index (χ2n) is 5.25. The molecule has 0 radical (unpaired) electrons. The van der Waals surface area contributed by atoms with Crippen molar-refractivity contribution >= 4 is 23.5 Å². The Balaban J connectivity index is 1.57. The van der Waals surface area contributed by atoms with Gasteiger partial charge in [-0.3, -0.25) is 0 Å². The summed E-state index contributed by atoms with van der Waals surface area (Å²) in [5.41, 5.74) is 0.216. The van der Waals surface area contributed by atoms with Crippen LogP contribution in [0.5, 0.6) is 0 Å². The fourth-order valence-electron chi connectivity index (χ4n) is 2.08. The van der Waals surface area contributed by atoms with Crippen LogP contribution in [-0.4, -0.2) is 34.6 Å². The van der Waals surface area contributed by atoms with E-state index in [4.69, 9.17) is 0 Å². The van der Waals surface area contributed by atoms with Crippen LogP contribution in [0, 0.1) is 0 Å². The Morgan fingerprint density at radius 1 is 1.23 bits per heavy atom. The van der Waals surface area contributed by atoms with E-state index < -0.39 is 5.97 Å². The fourth-order valence-corrected chi connectivity index (χ4v) is 3.33. The van der Waals surface area contributed by atoms with Crippen molar-refractivity contribution in [2.75, 3.05) is 19.0 Å². The molecule has 1 aliphatic rings. The largest absolute Gasteiger partial charge is 0.464 e. The summed E-state index contributed by atoms with van der Waals surface area (Å²) in [7, 11) is 1.33. The molecule has 1 aromatic heterocycles. The van der Waals surface area contributed by atoms with Gasteiger partial charge in [0.2, 0.25) is 0 Å². The third kappa shape index (κ3) is 3.57. The predicted molar refractivity (Wildman–Crippen MR) is 86.1 cm³/mol. The van der Waals surface area contributed by atoms with E-state index in [1.807, 2.05) is 17.8 Å². The molecular formula is C16H17N3O2S. The van der Waals surface area contributed by atoms with Gasteiger partial charge < -0.3 is 10.1 Å². The Hall–Kier alpha value is -2.08. The minimum Gasteiger partial charge on any atom is -0.464 e. The molecule has 0 saturated heterocycles. The van der Waals surface area contributed by atoms with E-state index >= 15 is 0 Å². The van der Waals surface area contributed by atoms with E-state index in [1.165, 1.54) is 24.8 Å². The number of carbonyl (C=O) groups excluding carboxylic acids is 1. The number of thioether (sulfide) groups is 1. The highest BCUT2D eigenvalue weighted by atomic mass is 32.2. The van der Waals surface area contributed by atoms with E-state index in [-0.39, 0.29) is 10.4 Å². The zero-order valence-corrected chi connectivity index (χ0v) is 13.1. The molecule has 1 aliphatic carbocycles. The van der Waals surface area contributed by atoms with Crippen molar-refractivity contribution in [1.82, 2.24) is 10.2 Å². The van der Waals surface area contributed by atoms with Crippen molar-refractivity contribution in [2.24, 2.45) is 0 Å². The number of carbonyl (C=O) groups is 1. The summed E-state index contributed by atoms with van der Waals surface area (Å²) in [6.45, 7) is 0.832. The van der Waals surface area contributed by atoms with Gasteiger partial charge in [-0.15, -0.1) is 22.0 Å². The number of rotatable bonds is 6. The van der Waals surface area contributed by atoms with E-state index in [0.717, 1.165) is 6.54 Å². The number of anilines is 1. The van der Waals surface area contributed by atoms with Crippen molar-refractivity contribution in [3.05, 3.63) is 48.2 Å². The highest BCUT2D eigenvalue weighted by Crippen LogP contribution is 2.51. The number of nitrogens with one attached hydrogen (secondary N) is 1. The van der Waals surface area contributed by atoms with E-state index in [2.05, 4.69) is 44.5 Å². The molecule has 0 unspecified atom stereocenters. The topological polar surface area (TPSA) is 64.1 Å². The zero-order chi connectivity index (χ0) is 15.4. The molecule has 114 valence electrons. The zero-order valence-electron chi connectivity index (χ0n) is 12.3. The summed E-state index contributed by atoms with van der Waals surface area (Å²) in [5.74, 6) is 0.199. The molecule has 3 rings (SSSR count). The summed E-state index contributed by atoms with van der Waals surface area (Å²) in [5, 5.41) is 11.2. The molecule has 2 aromatic rings. The number of aromatic nitrogens is 2. The van der Waals surface area contributed by atoms with E-state index in [9.17, 15) is 4.79 Å². The summed E-state index contributed by atoms with van der Waals surface area (Å²) in [6.07, 6.45) is 2.38. The number of benzene rings is 1. The van der Waals surface area contributed by atoms with Gasteiger partial charge in [0.1, 0.15) is 5.82 Å². The molecule has 0 atom stereocenters. The second-order valence-corrected chi connectivity index (χ2v) is 6.79. The normalized spacial score (nSPS) is 15.1. The molecule has 0 aliphatic heterocycles. The van der Waals surface area contributed by atoms with E-state index in [1.54, 1.807) is 12.1 Å². The minimum atomic E-state index is -0.475. The van der Waals surface area contributed by atoms with Gasteiger partial charge in [0, 0.05) is 16.2 Å². The maximum atomic E-state index is 11.3. The molecule has 0 amide bonds. The monoisotopic (exact) mass is 315 g/mol. The number of hydrogen-bond donors (Lipinski definition) is 1. The molecule has 22 heavy (non-hydrogen) atoms. The Bertz CT molecular complexity index is 642. The molecule has 6 heteroatoms. The molecule has 1 fully saturated rings. The molecule has 1 aromatic carbocycles. The van der Waals surface area contributed by atoms with Gasteiger partial charge in [-0.05, 0) is 37.1 Å². The standard InChI is InChI=1S/C16H17N3O2S/c1-21-15(20)13-7-8-14(19-18-13)17-11-16(9-10-16)22-12-5-3-2-4-6-12/h2-8H,9-11H2,1H3,(H,17,19). The Kier molecular flexibility index (Phi) is 4.29. The summed E-state index contributed by atoms with van der Waals surface area (Å²) in [6, 6.07) is 13.8. The summed E-state index contributed by atoms with van der Waals surface area (Å²) in [4.78, 5) is 12.6. The summed E-state index contributed by atoms with van der Waals surface area (Å²) >= 11 is 1.90. The summed E-state index contributed by atoms with van der Waals surface area (Å²) < 4.78 is 4.84. The average Bonchev–Trinajstić information content (AvgIpc) is 3.33. The van der Waals surface area contributed by atoms with Crippen LogP contribution >= 0.6 is 11.8 Å². The molecule has 1 N–H and O–H groups in total. The number of nitrogens with zero attached hydrogens (tertiary/aromatic N) is 2. The first kappa shape index (κ1) is 14.8. The predicted octanol–water partition coefficient (Wildman–Crippen LogP) is 3.00. The average molecular weight is 315 g/mol. The number of esters is 1. The van der Waals surface area contributed by atoms with Gasteiger partial charge in [0.15, 0.2) is 5.69 Å². The third-order valence-electron chi connectivity index (χ3n) is 3.54. The minimum absolute atomic E-state index is 0.216. The van der Waals surface area contributed by atoms with Gasteiger partial charge in [0.05, 0.1) is 7.11 Å². The van der Waals surface area contributed by atoms with Crippen molar-refractivity contribution in [3.8, 4) is 0 Å². The first-order valence-electron chi connectivity index (χ1n) is 7.11. The lowest BCUT2D eigenvalue weighted by atomic mass is 10.3. The number of hydrogen-bond acceptors (Lipinski definition) is 6. The van der Waals surface area contributed by atoms with Crippen molar-refractivity contribution in [2.45, 2.75) is 22.5 Å². The quantitative estimate of drug-likeness (QED) is 0.827.